The number of amides is 2. The van der Waals surface area contributed by atoms with E-state index in [0.717, 1.165) is 50.2 Å². The van der Waals surface area contributed by atoms with Gasteiger partial charge < -0.3 is 20.6 Å². The first-order chi connectivity index (χ1) is 12.2. The van der Waals surface area contributed by atoms with E-state index in [-0.39, 0.29) is 12.1 Å². The Morgan fingerprint density at radius 3 is 2.56 bits per heavy atom. The fourth-order valence-corrected chi connectivity index (χ4v) is 3.69. The third kappa shape index (κ3) is 5.33. The van der Waals surface area contributed by atoms with Crippen LogP contribution in [0.2, 0.25) is 0 Å². The van der Waals surface area contributed by atoms with Gasteiger partial charge in [0, 0.05) is 25.8 Å². The molecule has 2 fully saturated rings. The predicted molar refractivity (Wildman–Crippen MR) is 98.6 cm³/mol. The van der Waals surface area contributed by atoms with E-state index in [1.54, 1.807) is 0 Å². The fraction of sp³-hybridized carbons (Fsp3) is 0.684. The summed E-state index contributed by atoms with van der Waals surface area (Å²) in [6.45, 7) is 2.61. The number of rotatable bonds is 4. The van der Waals surface area contributed by atoms with Crippen LogP contribution >= 0.6 is 0 Å². The van der Waals surface area contributed by atoms with Gasteiger partial charge in [0.2, 0.25) is 0 Å². The summed E-state index contributed by atoms with van der Waals surface area (Å²) in [5.74, 6) is 1.03. The number of hydrogen-bond acceptors (Lipinski definition) is 4. The summed E-state index contributed by atoms with van der Waals surface area (Å²) in [5, 5.41) is 15.7. The Bertz CT molecular complexity index is 541. The Morgan fingerprint density at radius 1 is 1.12 bits per heavy atom. The molecule has 1 saturated carbocycles. The number of hydrogen-bond donors (Lipinski definition) is 3. The molecular formula is C19H30N4O2. The summed E-state index contributed by atoms with van der Waals surface area (Å²) in [4.78, 5) is 18.9. The molecule has 1 aromatic heterocycles. The Labute approximate surface area is 150 Å². The quantitative estimate of drug-likeness (QED) is 0.783. The largest absolute Gasteiger partial charge is 0.391 e. The van der Waals surface area contributed by atoms with Crippen molar-refractivity contribution in [2.75, 3.05) is 18.0 Å². The number of urea groups is 1. The summed E-state index contributed by atoms with van der Waals surface area (Å²) in [7, 11) is 0. The molecule has 1 saturated heterocycles. The highest BCUT2D eigenvalue weighted by Crippen LogP contribution is 2.19. The number of carbonyl (C=O) groups excluding carboxylic acids is 1. The second kappa shape index (κ2) is 9.04. The summed E-state index contributed by atoms with van der Waals surface area (Å²) < 4.78 is 0. The number of aliphatic hydroxyl groups excluding tert-OH is 1. The van der Waals surface area contributed by atoms with E-state index < -0.39 is 6.10 Å². The van der Waals surface area contributed by atoms with E-state index in [0.29, 0.717) is 6.54 Å². The normalized spacial score (nSPS) is 24.4. The lowest BCUT2D eigenvalue weighted by molar-refractivity contribution is 0.0943. The summed E-state index contributed by atoms with van der Waals surface area (Å²) >= 11 is 0. The average molecular weight is 346 g/mol. The molecule has 138 valence electrons. The van der Waals surface area contributed by atoms with Crippen molar-refractivity contribution in [3.8, 4) is 0 Å². The number of nitrogens with zero attached hydrogens (tertiary/aromatic N) is 2. The number of aromatic nitrogens is 1. The van der Waals surface area contributed by atoms with Gasteiger partial charge >= 0.3 is 6.03 Å². The van der Waals surface area contributed by atoms with Gasteiger partial charge in [-0.1, -0.05) is 31.7 Å². The smallest absolute Gasteiger partial charge is 0.315 e. The molecule has 0 aromatic carbocycles. The van der Waals surface area contributed by atoms with Crippen molar-refractivity contribution in [3.05, 3.63) is 23.9 Å². The molecule has 1 aliphatic heterocycles. The first-order valence-corrected chi connectivity index (χ1v) is 9.65. The first-order valence-electron chi connectivity index (χ1n) is 9.65. The second-order valence-electron chi connectivity index (χ2n) is 7.21. The minimum Gasteiger partial charge on any atom is -0.391 e. The van der Waals surface area contributed by atoms with Gasteiger partial charge in [-0.3, -0.25) is 0 Å². The van der Waals surface area contributed by atoms with Gasteiger partial charge in [0.1, 0.15) is 5.82 Å². The zero-order valence-electron chi connectivity index (χ0n) is 14.9. The maximum Gasteiger partial charge on any atom is 0.315 e. The molecule has 2 atom stereocenters. The van der Waals surface area contributed by atoms with Gasteiger partial charge in [0.05, 0.1) is 12.1 Å². The summed E-state index contributed by atoms with van der Waals surface area (Å²) in [6.07, 6.45) is 10.2. The van der Waals surface area contributed by atoms with E-state index in [2.05, 4.69) is 20.5 Å². The van der Waals surface area contributed by atoms with Crippen molar-refractivity contribution in [1.29, 1.82) is 0 Å². The molecule has 2 heterocycles. The SMILES string of the molecule is O=C(NCc1ccc(N2CCCCCC2)nc1)NC1CCCCC1O. The van der Waals surface area contributed by atoms with Crippen LogP contribution in [0.4, 0.5) is 10.6 Å². The van der Waals surface area contributed by atoms with Gasteiger partial charge in [-0.25, -0.2) is 9.78 Å². The number of anilines is 1. The number of carbonyl (C=O) groups is 1. The Hall–Kier alpha value is -1.82. The highest BCUT2D eigenvalue weighted by Gasteiger charge is 2.24. The average Bonchev–Trinajstić information content (AvgIpc) is 2.92. The number of nitrogens with one attached hydrogen (secondary N) is 2. The van der Waals surface area contributed by atoms with E-state index in [4.69, 9.17) is 0 Å². The Morgan fingerprint density at radius 2 is 1.88 bits per heavy atom. The standard InChI is InChI=1S/C19H30N4O2/c24-17-8-4-3-7-16(17)22-19(25)21-14-15-9-10-18(20-13-15)23-11-5-1-2-6-12-23/h9-10,13,16-17,24H,1-8,11-12,14H2,(H2,21,22,25). The molecule has 2 unspecified atom stereocenters. The lowest BCUT2D eigenvalue weighted by Gasteiger charge is -2.28. The van der Waals surface area contributed by atoms with Crippen LogP contribution in [0.3, 0.4) is 0 Å². The summed E-state index contributed by atoms with van der Waals surface area (Å²) in [6, 6.07) is 3.73. The van der Waals surface area contributed by atoms with Crippen LogP contribution in [0.5, 0.6) is 0 Å². The monoisotopic (exact) mass is 346 g/mol. The summed E-state index contributed by atoms with van der Waals surface area (Å²) in [5.41, 5.74) is 0.984. The van der Waals surface area contributed by atoms with Crippen LogP contribution < -0.4 is 15.5 Å². The van der Waals surface area contributed by atoms with E-state index in [9.17, 15) is 9.90 Å². The highest BCUT2D eigenvalue weighted by molar-refractivity contribution is 5.74. The van der Waals surface area contributed by atoms with E-state index in [1.165, 1.54) is 25.7 Å². The molecule has 0 radical (unpaired) electrons. The van der Waals surface area contributed by atoms with Crippen LogP contribution in [0.1, 0.15) is 56.9 Å². The van der Waals surface area contributed by atoms with Crippen LogP contribution in [0.15, 0.2) is 18.3 Å². The molecule has 3 rings (SSSR count). The predicted octanol–water partition coefficient (Wildman–Crippen LogP) is 2.56. The molecule has 2 aliphatic rings. The van der Waals surface area contributed by atoms with Crippen molar-refractivity contribution in [2.45, 2.75) is 70.1 Å². The zero-order valence-corrected chi connectivity index (χ0v) is 14.9. The molecular weight excluding hydrogens is 316 g/mol. The molecule has 0 spiro atoms. The molecule has 6 heteroatoms. The number of pyridine rings is 1. The maximum absolute atomic E-state index is 12.0. The van der Waals surface area contributed by atoms with Crippen molar-refractivity contribution in [2.24, 2.45) is 0 Å². The zero-order chi connectivity index (χ0) is 17.5. The van der Waals surface area contributed by atoms with Gasteiger partial charge in [0.15, 0.2) is 0 Å². The molecule has 6 nitrogen and oxygen atoms in total. The first kappa shape index (κ1) is 18.0. The molecule has 0 bridgehead atoms. The molecule has 3 N–H and O–H groups in total. The van der Waals surface area contributed by atoms with Gasteiger partial charge in [-0.15, -0.1) is 0 Å². The maximum atomic E-state index is 12.0. The van der Waals surface area contributed by atoms with Crippen molar-refractivity contribution >= 4 is 11.8 Å². The molecule has 1 aromatic rings. The van der Waals surface area contributed by atoms with Crippen LogP contribution in [0.25, 0.3) is 0 Å². The van der Waals surface area contributed by atoms with Crippen molar-refractivity contribution in [3.63, 3.8) is 0 Å². The van der Waals surface area contributed by atoms with Crippen LogP contribution in [-0.4, -0.2) is 41.4 Å². The topological polar surface area (TPSA) is 77.5 Å². The Kier molecular flexibility index (Phi) is 6.50. The van der Waals surface area contributed by atoms with Crippen molar-refractivity contribution in [1.82, 2.24) is 15.6 Å². The lowest BCUT2D eigenvalue weighted by Crippen LogP contribution is -2.48. The van der Waals surface area contributed by atoms with E-state index >= 15 is 0 Å². The van der Waals surface area contributed by atoms with E-state index in [1.807, 2.05) is 18.3 Å². The Balaban J connectivity index is 1.45. The van der Waals surface area contributed by atoms with Gasteiger partial charge in [-0.05, 0) is 37.3 Å². The van der Waals surface area contributed by atoms with Gasteiger partial charge in [-0.2, -0.15) is 0 Å². The minimum atomic E-state index is -0.422. The second-order valence-corrected chi connectivity index (χ2v) is 7.21. The number of aliphatic hydroxyl groups is 1. The van der Waals surface area contributed by atoms with Gasteiger partial charge in [0.25, 0.3) is 0 Å². The molecule has 1 aliphatic carbocycles. The third-order valence-corrected chi connectivity index (χ3v) is 5.24. The highest BCUT2D eigenvalue weighted by atomic mass is 16.3. The molecule has 25 heavy (non-hydrogen) atoms. The van der Waals surface area contributed by atoms with Crippen molar-refractivity contribution < 1.29 is 9.90 Å². The van der Waals surface area contributed by atoms with Crippen LogP contribution in [0, 0.1) is 0 Å². The lowest BCUT2D eigenvalue weighted by atomic mass is 9.93. The fourth-order valence-electron chi connectivity index (χ4n) is 3.69. The third-order valence-electron chi connectivity index (χ3n) is 5.24. The van der Waals surface area contributed by atoms with Crippen LogP contribution in [-0.2, 0) is 6.54 Å². The molecule has 2 amide bonds. The minimum absolute atomic E-state index is 0.128.